The molecule has 8 heteroatoms. The highest BCUT2D eigenvalue weighted by molar-refractivity contribution is 6.31. The summed E-state index contributed by atoms with van der Waals surface area (Å²) in [5.41, 5.74) is 7.28. The lowest BCUT2D eigenvalue weighted by Gasteiger charge is -2.14. The van der Waals surface area contributed by atoms with Gasteiger partial charge < -0.3 is 15.8 Å². The Morgan fingerprint density at radius 3 is 2.35 bits per heavy atom. The van der Waals surface area contributed by atoms with Gasteiger partial charge in [0.15, 0.2) is 5.82 Å². The summed E-state index contributed by atoms with van der Waals surface area (Å²) in [5.74, 6) is 1.38. The van der Waals surface area contributed by atoms with Crippen molar-refractivity contribution in [2.45, 2.75) is 20.0 Å². The van der Waals surface area contributed by atoms with Gasteiger partial charge >= 0.3 is 0 Å². The summed E-state index contributed by atoms with van der Waals surface area (Å²) in [6, 6.07) is 12.4. The fourth-order valence-electron chi connectivity index (χ4n) is 2.26. The maximum Gasteiger partial charge on any atom is 0.232 e. The van der Waals surface area contributed by atoms with Crippen LogP contribution >= 0.6 is 23.2 Å². The third kappa shape index (κ3) is 4.53. The molecule has 0 spiro atoms. The highest BCUT2D eigenvalue weighted by Crippen LogP contribution is 2.32. The molecule has 1 heterocycles. The van der Waals surface area contributed by atoms with Gasteiger partial charge in [-0.1, -0.05) is 23.2 Å². The molecular formula is C18H17Cl2N5O. The first-order valence-corrected chi connectivity index (χ1v) is 8.67. The van der Waals surface area contributed by atoms with Crippen molar-refractivity contribution in [3.05, 3.63) is 52.5 Å². The Kier molecular flexibility index (Phi) is 5.44. The molecule has 0 bridgehead atoms. The monoisotopic (exact) mass is 389 g/mol. The lowest BCUT2D eigenvalue weighted by molar-refractivity contribution is 0.243. The minimum Gasteiger partial charge on any atom is -0.490 e. The van der Waals surface area contributed by atoms with Crippen molar-refractivity contribution < 1.29 is 4.74 Å². The summed E-state index contributed by atoms with van der Waals surface area (Å²) in [7, 11) is 0. The van der Waals surface area contributed by atoms with E-state index in [1.54, 1.807) is 30.3 Å². The fraction of sp³-hybridized carbons (Fsp3) is 0.167. The number of hydrogen-bond donors (Lipinski definition) is 2. The molecule has 0 aliphatic heterocycles. The smallest absolute Gasteiger partial charge is 0.232 e. The molecule has 0 saturated heterocycles. The predicted octanol–water partition coefficient (Wildman–Crippen LogP) is 4.96. The van der Waals surface area contributed by atoms with Crippen LogP contribution in [0.5, 0.6) is 5.75 Å². The van der Waals surface area contributed by atoms with E-state index < -0.39 is 0 Å². The zero-order chi connectivity index (χ0) is 18.7. The van der Waals surface area contributed by atoms with Gasteiger partial charge in [0, 0.05) is 15.7 Å². The Morgan fingerprint density at radius 1 is 0.962 bits per heavy atom. The van der Waals surface area contributed by atoms with E-state index in [-0.39, 0.29) is 12.1 Å². The summed E-state index contributed by atoms with van der Waals surface area (Å²) in [6.45, 7) is 3.88. The molecule has 1 aromatic heterocycles. The first-order chi connectivity index (χ1) is 12.4. The molecule has 0 aliphatic carbocycles. The van der Waals surface area contributed by atoms with Crippen molar-refractivity contribution in [2.75, 3.05) is 11.1 Å². The average molecular weight is 390 g/mol. The number of nitrogens with one attached hydrogen (secondary N) is 1. The lowest BCUT2D eigenvalue weighted by atomic mass is 10.2. The van der Waals surface area contributed by atoms with Crippen molar-refractivity contribution in [1.82, 2.24) is 15.0 Å². The summed E-state index contributed by atoms with van der Waals surface area (Å²) in [6.07, 6.45) is -0.0132. The second-order valence-corrected chi connectivity index (χ2v) is 6.65. The lowest BCUT2D eigenvalue weighted by Crippen LogP contribution is -2.09. The molecular weight excluding hydrogens is 373 g/mol. The minimum atomic E-state index is -0.0132. The first kappa shape index (κ1) is 18.2. The number of nitrogens with zero attached hydrogens (tertiary/aromatic N) is 3. The molecule has 3 rings (SSSR count). The van der Waals surface area contributed by atoms with E-state index in [4.69, 9.17) is 33.7 Å². The molecule has 0 saturated carbocycles. The molecule has 134 valence electrons. The van der Waals surface area contributed by atoms with Gasteiger partial charge in [0.2, 0.25) is 11.9 Å². The van der Waals surface area contributed by atoms with E-state index >= 15 is 0 Å². The van der Waals surface area contributed by atoms with E-state index in [0.717, 1.165) is 5.69 Å². The third-order valence-electron chi connectivity index (χ3n) is 3.30. The van der Waals surface area contributed by atoms with Crippen LogP contribution in [0.25, 0.3) is 11.4 Å². The van der Waals surface area contributed by atoms with E-state index in [0.29, 0.717) is 33.1 Å². The molecule has 6 nitrogen and oxygen atoms in total. The van der Waals surface area contributed by atoms with Gasteiger partial charge in [-0.25, -0.2) is 0 Å². The Labute approximate surface area is 161 Å². The number of hydrogen-bond acceptors (Lipinski definition) is 6. The highest BCUT2D eigenvalue weighted by Gasteiger charge is 2.14. The van der Waals surface area contributed by atoms with Crippen LogP contribution in [-0.2, 0) is 0 Å². The quantitative estimate of drug-likeness (QED) is 0.641. The van der Waals surface area contributed by atoms with Gasteiger partial charge in [0.1, 0.15) is 5.75 Å². The summed E-state index contributed by atoms with van der Waals surface area (Å²) >= 11 is 12.0. The van der Waals surface area contributed by atoms with Crippen LogP contribution in [0.3, 0.4) is 0 Å². The van der Waals surface area contributed by atoms with Crippen LogP contribution in [0.1, 0.15) is 13.8 Å². The van der Waals surface area contributed by atoms with Crippen LogP contribution in [0, 0.1) is 0 Å². The number of nitrogen functional groups attached to an aromatic ring is 1. The maximum atomic E-state index is 6.14. The number of rotatable bonds is 5. The summed E-state index contributed by atoms with van der Waals surface area (Å²) in [4.78, 5) is 12.8. The van der Waals surface area contributed by atoms with E-state index in [9.17, 15) is 0 Å². The van der Waals surface area contributed by atoms with Gasteiger partial charge in [0.05, 0.1) is 11.7 Å². The van der Waals surface area contributed by atoms with Crippen molar-refractivity contribution in [3.8, 4) is 17.1 Å². The maximum absolute atomic E-state index is 6.14. The Morgan fingerprint density at radius 2 is 1.65 bits per heavy atom. The molecule has 0 radical (unpaired) electrons. The van der Waals surface area contributed by atoms with Crippen LogP contribution in [-0.4, -0.2) is 21.1 Å². The van der Waals surface area contributed by atoms with Gasteiger partial charge in [-0.2, -0.15) is 15.0 Å². The first-order valence-electron chi connectivity index (χ1n) is 7.91. The molecule has 0 atom stereocenters. The van der Waals surface area contributed by atoms with Crippen molar-refractivity contribution in [3.63, 3.8) is 0 Å². The van der Waals surface area contributed by atoms with Gasteiger partial charge in [0.25, 0.3) is 0 Å². The standard InChI is InChI=1S/C18H17Cl2N5O/c1-10(2)26-15-8-5-12(20)9-14(15)16-23-17(21)25-18(24-16)22-13-6-3-11(19)4-7-13/h3-10H,1-2H3,(H3,21,22,23,24,25). The molecule has 3 aromatic rings. The molecule has 0 unspecified atom stereocenters. The molecule has 26 heavy (non-hydrogen) atoms. The number of aromatic nitrogens is 3. The number of nitrogens with two attached hydrogens (primary N) is 1. The Hall–Kier alpha value is -2.57. The summed E-state index contributed by atoms with van der Waals surface area (Å²) < 4.78 is 5.83. The number of benzene rings is 2. The Bertz CT molecular complexity index is 916. The molecule has 0 fully saturated rings. The van der Waals surface area contributed by atoms with Gasteiger partial charge in [-0.3, -0.25) is 0 Å². The van der Waals surface area contributed by atoms with E-state index in [2.05, 4.69) is 20.3 Å². The zero-order valence-corrected chi connectivity index (χ0v) is 15.7. The molecule has 0 aliphatic rings. The Balaban J connectivity index is 2.00. The topological polar surface area (TPSA) is 86.0 Å². The predicted molar refractivity (Wildman–Crippen MR) is 105 cm³/mol. The van der Waals surface area contributed by atoms with Crippen LogP contribution in [0.15, 0.2) is 42.5 Å². The molecule has 0 amide bonds. The van der Waals surface area contributed by atoms with Crippen LogP contribution in [0.2, 0.25) is 10.0 Å². The molecule has 2 aromatic carbocycles. The SMILES string of the molecule is CC(C)Oc1ccc(Cl)cc1-c1nc(N)nc(Nc2ccc(Cl)cc2)n1. The minimum absolute atomic E-state index is 0.0132. The van der Waals surface area contributed by atoms with Gasteiger partial charge in [-0.05, 0) is 56.3 Å². The largest absolute Gasteiger partial charge is 0.490 e. The normalized spacial score (nSPS) is 10.8. The highest BCUT2D eigenvalue weighted by atomic mass is 35.5. The third-order valence-corrected chi connectivity index (χ3v) is 3.79. The number of anilines is 3. The summed E-state index contributed by atoms with van der Waals surface area (Å²) in [5, 5.41) is 4.27. The number of ether oxygens (including phenoxy) is 1. The van der Waals surface area contributed by atoms with Crippen LogP contribution < -0.4 is 15.8 Å². The number of halogens is 2. The zero-order valence-electron chi connectivity index (χ0n) is 14.2. The van der Waals surface area contributed by atoms with E-state index in [1.807, 2.05) is 26.0 Å². The van der Waals surface area contributed by atoms with Crippen molar-refractivity contribution >= 4 is 40.8 Å². The fourth-order valence-corrected chi connectivity index (χ4v) is 2.56. The second kappa shape index (κ2) is 7.76. The van der Waals surface area contributed by atoms with E-state index in [1.165, 1.54) is 0 Å². The van der Waals surface area contributed by atoms with Crippen LogP contribution in [0.4, 0.5) is 17.6 Å². The van der Waals surface area contributed by atoms with Gasteiger partial charge in [-0.15, -0.1) is 0 Å². The second-order valence-electron chi connectivity index (χ2n) is 5.78. The van der Waals surface area contributed by atoms with Crippen molar-refractivity contribution in [2.24, 2.45) is 0 Å². The van der Waals surface area contributed by atoms with Crippen molar-refractivity contribution in [1.29, 1.82) is 0 Å². The average Bonchev–Trinajstić information content (AvgIpc) is 2.57. The molecule has 3 N–H and O–H groups in total.